The molecule has 0 unspecified atom stereocenters. The van der Waals surface area contributed by atoms with Gasteiger partial charge in [0.05, 0.1) is 0 Å². The van der Waals surface area contributed by atoms with E-state index in [4.69, 9.17) is 0 Å². The van der Waals surface area contributed by atoms with Gasteiger partial charge < -0.3 is 0 Å². The summed E-state index contributed by atoms with van der Waals surface area (Å²) in [5.74, 6) is 6.72. The number of hydrogen-bond acceptors (Lipinski definition) is 0. The molecule has 1 aromatic rings. The summed E-state index contributed by atoms with van der Waals surface area (Å²) in [6.07, 6.45) is 0. The molecule has 0 saturated heterocycles. The summed E-state index contributed by atoms with van der Waals surface area (Å²) >= 11 is -1.82. The maximum absolute atomic E-state index is 13.0. The molecule has 1 rings (SSSR count). The van der Waals surface area contributed by atoms with Crippen molar-refractivity contribution in [2.75, 3.05) is 0 Å². The van der Waals surface area contributed by atoms with Gasteiger partial charge in [0.25, 0.3) is 0 Å². The molecule has 0 amide bonds. The van der Waals surface area contributed by atoms with Gasteiger partial charge in [-0.2, -0.15) is 0 Å². The second kappa shape index (κ2) is 3.21. The van der Waals surface area contributed by atoms with Crippen molar-refractivity contribution in [3.05, 3.63) is 29.6 Å². The second-order valence-electron chi connectivity index (χ2n) is 4.27. The fourth-order valence-corrected chi connectivity index (χ4v) is 3.75. The van der Waals surface area contributed by atoms with E-state index in [1.54, 1.807) is 12.1 Å². The van der Waals surface area contributed by atoms with Crippen LogP contribution in [-0.4, -0.2) is 13.3 Å². The number of rotatable bonds is 1. The molecule has 0 aromatic heterocycles. The fraction of sp³-hybridized carbons (Fsp3) is 0.400. The van der Waals surface area contributed by atoms with Crippen LogP contribution in [0.15, 0.2) is 18.2 Å². The topological polar surface area (TPSA) is 0 Å². The molecule has 0 fully saturated rings. The van der Waals surface area contributed by atoms with E-state index in [1.165, 1.54) is 4.40 Å². The molecule has 66 valence electrons. The van der Waals surface area contributed by atoms with Gasteiger partial charge in [0.1, 0.15) is 0 Å². The zero-order chi connectivity index (χ0) is 9.35. The normalized spacial score (nSPS) is 11.8. The van der Waals surface area contributed by atoms with Gasteiger partial charge in [-0.1, -0.05) is 0 Å². The van der Waals surface area contributed by atoms with Crippen LogP contribution in [0.4, 0.5) is 4.39 Å². The van der Waals surface area contributed by atoms with Crippen LogP contribution in [0.3, 0.4) is 0 Å². The third-order valence-corrected chi connectivity index (χ3v) is 6.15. The summed E-state index contributed by atoms with van der Waals surface area (Å²) < 4.78 is 14.2. The molecule has 1 aromatic carbocycles. The van der Waals surface area contributed by atoms with Crippen molar-refractivity contribution in [2.45, 2.75) is 24.2 Å². The molecule has 0 spiro atoms. The van der Waals surface area contributed by atoms with Crippen LogP contribution in [-0.2, 0) is 0 Å². The molecule has 0 N–H and O–H groups in total. The van der Waals surface area contributed by atoms with Crippen molar-refractivity contribution in [1.82, 2.24) is 0 Å². The Morgan fingerprint density at radius 3 is 2.08 bits per heavy atom. The Labute approximate surface area is 76.2 Å². The quantitative estimate of drug-likeness (QED) is 0.646. The molecule has 0 heterocycles. The Kier molecular flexibility index (Phi) is 2.62. The van der Waals surface area contributed by atoms with Crippen molar-refractivity contribution in [2.24, 2.45) is 0 Å². The maximum atomic E-state index is 13.0. The van der Waals surface area contributed by atoms with E-state index in [9.17, 15) is 4.39 Å². The van der Waals surface area contributed by atoms with E-state index in [-0.39, 0.29) is 5.82 Å². The van der Waals surface area contributed by atoms with Crippen LogP contribution in [0.5, 0.6) is 0 Å². The first-order valence-electron chi connectivity index (χ1n) is 4.17. The predicted octanol–water partition coefficient (Wildman–Crippen LogP) is 2.68. The standard InChI is InChI=1S/C10H15FGe/c1-8-5-9(11)7-10(6-8)12(2,3)4/h5-7H,1-4H3. The first-order chi connectivity index (χ1) is 5.39. The summed E-state index contributed by atoms with van der Waals surface area (Å²) in [6.45, 7) is 1.94. The fourth-order valence-electron chi connectivity index (χ4n) is 1.17. The molecule has 0 saturated carbocycles. The summed E-state index contributed by atoms with van der Waals surface area (Å²) in [7, 11) is 0. The Balaban J connectivity index is 3.18. The second-order valence-corrected chi connectivity index (χ2v) is 14.9. The average molecular weight is 227 g/mol. The van der Waals surface area contributed by atoms with Gasteiger partial charge >= 0.3 is 75.8 Å². The Morgan fingerprint density at radius 2 is 1.67 bits per heavy atom. The minimum atomic E-state index is -1.82. The zero-order valence-electron chi connectivity index (χ0n) is 8.11. The molecule has 0 atom stereocenters. The van der Waals surface area contributed by atoms with E-state index in [0.717, 1.165) is 5.56 Å². The molecular formula is C10H15FGe. The summed E-state index contributed by atoms with van der Waals surface area (Å²) in [6, 6.07) is 5.38. The van der Waals surface area contributed by atoms with Gasteiger partial charge in [0.2, 0.25) is 0 Å². The first-order valence-corrected chi connectivity index (χ1v) is 11.5. The molecule has 0 radical (unpaired) electrons. The van der Waals surface area contributed by atoms with Gasteiger partial charge in [-0.05, 0) is 0 Å². The Hall–Kier alpha value is -0.307. The van der Waals surface area contributed by atoms with E-state index in [1.807, 2.05) is 6.92 Å². The van der Waals surface area contributed by atoms with E-state index in [2.05, 4.69) is 23.3 Å². The number of aryl methyl sites for hydroxylation is 1. The molecule has 2 heteroatoms. The molecule has 0 aliphatic rings. The SMILES string of the molecule is Cc1cc(F)c[c]([Ge]([CH3])([CH3])[CH3])c1. The Morgan fingerprint density at radius 1 is 1.08 bits per heavy atom. The van der Waals surface area contributed by atoms with E-state index >= 15 is 0 Å². The van der Waals surface area contributed by atoms with Crippen molar-refractivity contribution >= 4 is 17.7 Å². The van der Waals surface area contributed by atoms with E-state index < -0.39 is 13.3 Å². The average Bonchev–Trinajstić information content (AvgIpc) is 1.82. The third-order valence-electron chi connectivity index (χ3n) is 1.91. The van der Waals surface area contributed by atoms with Crippen molar-refractivity contribution in [3.63, 3.8) is 0 Å². The molecule has 0 aliphatic carbocycles. The number of hydrogen-bond donors (Lipinski definition) is 0. The van der Waals surface area contributed by atoms with Crippen LogP contribution >= 0.6 is 0 Å². The summed E-state index contributed by atoms with van der Waals surface area (Å²) in [5, 5.41) is 0. The third kappa shape index (κ3) is 2.34. The van der Waals surface area contributed by atoms with Crippen LogP contribution in [0, 0.1) is 12.7 Å². The van der Waals surface area contributed by atoms with Crippen LogP contribution < -0.4 is 4.40 Å². The van der Waals surface area contributed by atoms with E-state index in [0.29, 0.717) is 0 Å². The molecule has 0 nitrogen and oxygen atoms in total. The number of halogens is 1. The molecule has 0 bridgehead atoms. The van der Waals surface area contributed by atoms with Gasteiger partial charge in [-0.15, -0.1) is 0 Å². The molecule has 12 heavy (non-hydrogen) atoms. The van der Waals surface area contributed by atoms with Gasteiger partial charge in [-0.3, -0.25) is 0 Å². The Bertz CT molecular complexity index is 266. The monoisotopic (exact) mass is 228 g/mol. The number of benzene rings is 1. The molecule has 0 aliphatic heterocycles. The summed E-state index contributed by atoms with van der Waals surface area (Å²) in [5.41, 5.74) is 1.03. The van der Waals surface area contributed by atoms with Crippen LogP contribution in [0.2, 0.25) is 17.3 Å². The van der Waals surface area contributed by atoms with Gasteiger partial charge in [0.15, 0.2) is 0 Å². The van der Waals surface area contributed by atoms with Gasteiger partial charge in [0, 0.05) is 0 Å². The van der Waals surface area contributed by atoms with Crippen molar-refractivity contribution in [3.8, 4) is 0 Å². The first kappa shape index (κ1) is 9.78. The predicted molar refractivity (Wildman–Crippen MR) is 54.1 cm³/mol. The van der Waals surface area contributed by atoms with Crippen LogP contribution in [0.1, 0.15) is 5.56 Å². The van der Waals surface area contributed by atoms with Crippen molar-refractivity contribution in [1.29, 1.82) is 0 Å². The zero-order valence-corrected chi connectivity index (χ0v) is 10.2. The minimum absolute atomic E-state index is 0.0921. The van der Waals surface area contributed by atoms with Crippen molar-refractivity contribution < 1.29 is 4.39 Å². The molecular weight excluding hydrogens is 212 g/mol. The van der Waals surface area contributed by atoms with Crippen LogP contribution in [0.25, 0.3) is 0 Å². The van der Waals surface area contributed by atoms with Gasteiger partial charge in [-0.25, -0.2) is 0 Å². The summed E-state index contributed by atoms with van der Waals surface area (Å²) in [4.78, 5) is 0.